The summed E-state index contributed by atoms with van der Waals surface area (Å²) in [6, 6.07) is 14.3. The summed E-state index contributed by atoms with van der Waals surface area (Å²) < 4.78 is 1.99. The standard InChI is InChI=1S/C15H12N6O2/c16-14-18-13(9-4-3-5-10(8-9)21(22)23)20-12-7-2-1-6-11(12)17-15(20)19-14/h1-8,13H,(H3,16,17,18,19)/p+2/t13-/m1/s1. The molecule has 0 radical (unpaired) electrons. The lowest BCUT2D eigenvalue weighted by Gasteiger charge is -2.16. The molecule has 0 amide bonds. The van der Waals surface area contributed by atoms with Crippen molar-refractivity contribution in [2.75, 3.05) is 5.32 Å². The van der Waals surface area contributed by atoms with Gasteiger partial charge in [-0.1, -0.05) is 24.3 Å². The number of fused-ring (bicyclic) bond motifs is 3. The van der Waals surface area contributed by atoms with Crippen molar-refractivity contribution in [1.82, 2.24) is 4.98 Å². The van der Waals surface area contributed by atoms with Gasteiger partial charge >= 0.3 is 11.9 Å². The average Bonchev–Trinajstić information content (AvgIpc) is 2.92. The lowest BCUT2D eigenvalue weighted by molar-refractivity contribution is -0.840. The van der Waals surface area contributed by atoms with Crippen LogP contribution in [-0.4, -0.2) is 15.9 Å². The van der Waals surface area contributed by atoms with Gasteiger partial charge in [0, 0.05) is 17.7 Å². The van der Waals surface area contributed by atoms with Crippen LogP contribution >= 0.6 is 0 Å². The SMILES string of the molecule is NC1=[NH+][C@@H](c2cccc([N+](=O)[O-])c2)[n+]2c([nH]c3ccccc32)N1. The third-order valence-electron chi connectivity index (χ3n) is 3.86. The van der Waals surface area contributed by atoms with Crippen LogP contribution in [0.25, 0.3) is 11.0 Å². The zero-order chi connectivity index (χ0) is 16.0. The minimum Gasteiger partial charge on any atom is -0.290 e. The number of benzene rings is 2. The fraction of sp³-hybridized carbons (Fsp3) is 0.0667. The zero-order valence-electron chi connectivity index (χ0n) is 12.0. The van der Waals surface area contributed by atoms with Crippen molar-refractivity contribution in [2.24, 2.45) is 5.73 Å². The average molecular weight is 310 g/mol. The second-order valence-electron chi connectivity index (χ2n) is 5.30. The Morgan fingerprint density at radius 1 is 1.22 bits per heavy atom. The molecule has 8 nitrogen and oxygen atoms in total. The van der Waals surface area contributed by atoms with Crippen LogP contribution in [0.1, 0.15) is 11.7 Å². The van der Waals surface area contributed by atoms with Crippen molar-refractivity contribution >= 4 is 28.6 Å². The van der Waals surface area contributed by atoms with E-state index in [9.17, 15) is 10.1 Å². The molecule has 5 N–H and O–H groups in total. The Bertz CT molecular complexity index is 962. The Balaban J connectivity index is 1.93. The highest BCUT2D eigenvalue weighted by Gasteiger charge is 2.32. The highest BCUT2D eigenvalue weighted by Crippen LogP contribution is 2.20. The van der Waals surface area contributed by atoms with Crippen LogP contribution in [0.15, 0.2) is 48.5 Å². The van der Waals surface area contributed by atoms with E-state index in [0.29, 0.717) is 5.96 Å². The lowest BCUT2D eigenvalue weighted by atomic mass is 10.1. The number of aromatic amines is 1. The summed E-state index contributed by atoms with van der Waals surface area (Å²) in [5.74, 6) is 1.10. The zero-order valence-corrected chi connectivity index (χ0v) is 12.0. The molecule has 23 heavy (non-hydrogen) atoms. The Morgan fingerprint density at radius 2 is 2.04 bits per heavy atom. The third kappa shape index (κ3) is 2.08. The van der Waals surface area contributed by atoms with Crippen molar-refractivity contribution < 1.29 is 14.5 Å². The summed E-state index contributed by atoms with van der Waals surface area (Å²) in [6.45, 7) is 0. The minimum absolute atomic E-state index is 0.0448. The first-order valence-corrected chi connectivity index (χ1v) is 7.06. The first-order valence-electron chi connectivity index (χ1n) is 7.06. The molecule has 4 rings (SSSR count). The van der Waals surface area contributed by atoms with E-state index in [1.54, 1.807) is 12.1 Å². The quantitative estimate of drug-likeness (QED) is 0.296. The van der Waals surface area contributed by atoms with Crippen molar-refractivity contribution in [2.45, 2.75) is 6.17 Å². The van der Waals surface area contributed by atoms with Crippen LogP contribution in [0.3, 0.4) is 0 Å². The van der Waals surface area contributed by atoms with Crippen LogP contribution in [0.2, 0.25) is 0 Å². The minimum atomic E-state index is -0.404. The molecule has 114 valence electrons. The van der Waals surface area contributed by atoms with Gasteiger partial charge in [-0.05, 0) is 12.1 Å². The summed E-state index contributed by atoms with van der Waals surface area (Å²) in [5, 5.41) is 14.1. The lowest BCUT2D eigenvalue weighted by Crippen LogP contribution is -2.88. The van der Waals surface area contributed by atoms with Gasteiger partial charge in [-0.3, -0.25) is 15.8 Å². The van der Waals surface area contributed by atoms with Crippen LogP contribution < -0.4 is 20.6 Å². The molecule has 0 saturated heterocycles. The second kappa shape index (κ2) is 4.80. The Hall–Kier alpha value is -3.42. The molecule has 0 spiro atoms. The Kier molecular flexibility index (Phi) is 2.77. The highest BCUT2D eigenvalue weighted by molar-refractivity contribution is 5.87. The fourth-order valence-electron chi connectivity index (χ4n) is 2.87. The molecule has 0 bridgehead atoms. The molecule has 1 aromatic heterocycles. The maximum absolute atomic E-state index is 11.0. The molecule has 2 heterocycles. The number of aromatic nitrogens is 2. The molecule has 0 unspecified atom stereocenters. The van der Waals surface area contributed by atoms with Gasteiger partial charge in [-0.25, -0.2) is 9.98 Å². The number of nitro benzene ring substituents is 1. The van der Waals surface area contributed by atoms with Gasteiger partial charge in [0.25, 0.3) is 5.69 Å². The van der Waals surface area contributed by atoms with E-state index in [-0.39, 0.29) is 11.9 Å². The predicted molar refractivity (Wildman–Crippen MR) is 83.5 cm³/mol. The number of rotatable bonds is 2. The van der Waals surface area contributed by atoms with Crippen molar-refractivity contribution in [3.63, 3.8) is 0 Å². The molecule has 2 aromatic carbocycles. The van der Waals surface area contributed by atoms with E-state index in [4.69, 9.17) is 5.73 Å². The van der Waals surface area contributed by atoms with Gasteiger partial charge in [0.2, 0.25) is 6.17 Å². The summed E-state index contributed by atoms with van der Waals surface area (Å²) in [5.41, 5.74) is 8.63. The summed E-state index contributed by atoms with van der Waals surface area (Å²) in [7, 11) is 0. The highest BCUT2D eigenvalue weighted by atomic mass is 16.6. The number of para-hydroxylation sites is 2. The van der Waals surface area contributed by atoms with Crippen LogP contribution in [0.5, 0.6) is 0 Å². The monoisotopic (exact) mass is 310 g/mol. The van der Waals surface area contributed by atoms with E-state index in [2.05, 4.69) is 15.3 Å². The number of nitro groups is 1. The molecule has 1 atom stereocenters. The third-order valence-corrected chi connectivity index (χ3v) is 3.86. The van der Waals surface area contributed by atoms with E-state index in [1.807, 2.05) is 34.9 Å². The normalized spacial score (nSPS) is 16.5. The van der Waals surface area contributed by atoms with Crippen molar-refractivity contribution in [1.29, 1.82) is 0 Å². The maximum Gasteiger partial charge on any atom is 0.368 e. The number of hydrogen-bond acceptors (Lipinski definition) is 4. The number of H-pyrrole nitrogens is 1. The van der Waals surface area contributed by atoms with Gasteiger partial charge < -0.3 is 0 Å². The fourth-order valence-corrected chi connectivity index (χ4v) is 2.87. The summed E-state index contributed by atoms with van der Waals surface area (Å²) in [6.07, 6.45) is -0.345. The van der Waals surface area contributed by atoms with Gasteiger partial charge in [0.1, 0.15) is 11.0 Å². The number of anilines is 1. The number of nitrogens with one attached hydrogen (secondary N) is 3. The van der Waals surface area contributed by atoms with E-state index >= 15 is 0 Å². The molecule has 3 aromatic rings. The van der Waals surface area contributed by atoms with Gasteiger partial charge in [0.15, 0.2) is 0 Å². The molecule has 8 heteroatoms. The van der Waals surface area contributed by atoms with E-state index in [1.165, 1.54) is 6.07 Å². The molecular formula is C15H14N6O2+2. The summed E-state index contributed by atoms with van der Waals surface area (Å²) >= 11 is 0. The first kappa shape index (κ1) is 13.3. The molecule has 0 saturated carbocycles. The topological polar surface area (TPSA) is 115 Å². The van der Waals surface area contributed by atoms with Gasteiger partial charge in [0.05, 0.1) is 4.92 Å². The largest absolute Gasteiger partial charge is 0.368 e. The molecule has 1 aliphatic heterocycles. The first-order chi connectivity index (χ1) is 11.1. The molecule has 0 aliphatic carbocycles. The van der Waals surface area contributed by atoms with Gasteiger partial charge in [-0.15, -0.1) is 0 Å². The maximum atomic E-state index is 11.0. The van der Waals surface area contributed by atoms with Crippen LogP contribution in [-0.2, 0) is 0 Å². The number of nitrogens with zero attached hydrogens (tertiary/aromatic N) is 2. The smallest absolute Gasteiger partial charge is 0.290 e. The number of hydrogen-bond donors (Lipinski definition) is 4. The van der Waals surface area contributed by atoms with Crippen LogP contribution in [0.4, 0.5) is 11.6 Å². The van der Waals surface area contributed by atoms with Crippen molar-refractivity contribution in [3.8, 4) is 0 Å². The number of nitrogens with two attached hydrogens (primary N) is 1. The number of guanidine groups is 1. The van der Waals surface area contributed by atoms with Crippen molar-refractivity contribution in [3.05, 3.63) is 64.2 Å². The number of non-ortho nitro benzene ring substituents is 1. The molecule has 0 fully saturated rings. The Morgan fingerprint density at radius 3 is 2.87 bits per heavy atom. The predicted octanol–water partition coefficient (Wildman–Crippen LogP) is -0.269. The molecule has 1 aliphatic rings. The van der Waals surface area contributed by atoms with E-state index in [0.717, 1.165) is 22.5 Å². The van der Waals surface area contributed by atoms with Gasteiger partial charge in [-0.2, -0.15) is 9.88 Å². The van der Waals surface area contributed by atoms with Crippen LogP contribution in [0, 0.1) is 10.1 Å². The Labute approximate surface area is 130 Å². The summed E-state index contributed by atoms with van der Waals surface area (Å²) in [4.78, 5) is 17.0. The second-order valence-corrected chi connectivity index (χ2v) is 5.30. The molecular weight excluding hydrogens is 296 g/mol. The van der Waals surface area contributed by atoms with E-state index < -0.39 is 4.92 Å². The number of imidazole rings is 1.